The number of nitrogens with zero attached hydrogens (tertiary/aromatic N) is 1. The average molecular weight is 417 g/mol. The SMILES string of the molecule is O=C(NNS(=O)(=O)C[C@H]1CCN(C(=O)OCc2ccccc2)C1)c1ccccc1. The monoisotopic (exact) mass is 417 g/mol. The highest BCUT2D eigenvalue weighted by atomic mass is 32.2. The molecule has 1 aliphatic rings. The van der Waals surface area contributed by atoms with Gasteiger partial charge in [0.15, 0.2) is 0 Å². The maximum absolute atomic E-state index is 12.2. The van der Waals surface area contributed by atoms with Crippen molar-refractivity contribution in [3.63, 3.8) is 0 Å². The Hall–Kier alpha value is -2.91. The summed E-state index contributed by atoms with van der Waals surface area (Å²) in [5.41, 5.74) is 3.44. The number of sulfonamides is 1. The molecule has 3 rings (SSSR count). The molecule has 0 saturated carbocycles. The molecule has 2 N–H and O–H groups in total. The van der Waals surface area contributed by atoms with Crippen LogP contribution in [0.2, 0.25) is 0 Å². The van der Waals surface area contributed by atoms with Gasteiger partial charge in [0.05, 0.1) is 5.75 Å². The predicted octanol–water partition coefficient (Wildman–Crippen LogP) is 1.91. The van der Waals surface area contributed by atoms with E-state index in [1.54, 1.807) is 30.3 Å². The Morgan fingerprint density at radius 2 is 1.69 bits per heavy atom. The number of likely N-dealkylation sites (tertiary alicyclic amines) is 1. The minimum atomic E-state index is -3.73. The van der Waals surface area contributed by atoms with Gasteiger partial charge >= 0.3 is 6.09 Å². The topological polar surface area (TPSA) is 105 Å². The van der Waals surface area contributed by atoms with Crippen LogP contribution in [0.4, 0.5) is 4.79 Å². The number of nitrogens with one attached hydrogen (secondary N) is 2. The van der Waals surface area contributed by atoms with Gasteiger partial charge < -0.3 is 9.64 Å². The smallest absolute Gasteiger partial charge is 0.410 e. The first-order valence-electron chi connectivity index (χ1n) is 9.23. The minimum absolute atomic E-state index is 0.173. The van der Waals surface area contributed by atoms with Gasteiger partial charge in [-0.2, -0.15) is 0 Å². The van der Waals surface area contributed by atoms with Crippen LogP contribution in [0.1, 0.15) is 22.3 Å². The van der Waals surface area contributed by atoms with Crippen LogP contribution in [0, 0.1) is 5.92 Å². The van der Waals surface area contributed by atoms with Crippen molar-refractivity contribution in [2.45, 2.75) is 13.0 Å². The lowest BCUT2D eigenvalue weighted by molar-refractivity contribution is 0.0944. The van der Waals surface area contributed by atoms with E-state index in [1.807, 2.05) is 30.3 Å². The summed E-state index contributed by atoms with van der Waals surface area (Å²) < 4.78 is 29.8. The van der Waals surface area contributed by atoms with Gasteiger partial charge in [-0.25, -0.2) is 13.2 Å². The number of rotatable bonds is 7. The number of ether oxygens (including phenoxy) is 1. The largest absolute Gasteiger partial charge is 0.445 e. The van der Waals surface area contributed by atoms with Crippen LogP contribution in [0.5, 0.6) is 0 Å². The maximum atomic E-state index is 12.2. The molecule has 1 aliphatic heterocycles. The Labute approximate surface area is 169 Å². The van der Waals surface area contributed by atoms with E-state index in [4.69, 9.17) is 4.74 Å². The van der Waals surface area contributed by atoms with Crippen molar-refractivity contribution in [2.75, 3.05) is 18.8 Å². The van der Waals surface area contributed by atoms with E-state index in [0.29, 0.717) is 25.1 Å². The molecule has 2 amide bonds. The second kappa shape index (κ2) is 9.53. The molecule has 0 radical (unpaired) electrons. The van der Waals surface area contributed by atoms with Gasteiger partial charge in [-0.15, -0.1) is 4.83 Å². The van der Waals surface area contributed by atoms with Crippen LogP contribution >= 0.6 is 0 Å². The van der Waals surface area contributed by atoms with Crippen LogP contribution in [0.15, 0.2) is 60.7 Å². The molecule has 1 atom stereocenters. The summed E-state index contributed by atoms with van der Waals surface area (Å²) in [6.45, 7) is 0.900. The Morgan fingerprint density at radius 3 is 2.38 bits per heavy atom. The fourth-order valence-electron chi connectivity index (χ4n) is 3.08. The van der Waals surface area contributed by atoms with E-state index in [2.05, 4.69) is 10.3 Å². The van der Waals surface area contributed by atoms with Gasteiger partial charge in [-0.3, -0.25) is 10.2 Å². The molecule has 2 aromatic carbocycles. The first-order valence-corrected chi connectivity index (χ1v) is 10.9. The number of carbonyl (C=O) groups excluding carboxylic acids is 2. The van der Waals surface area contributed by atoms with Gasteiger partial charge in [0, 0.05) is 18.7 Å². The van der Waals surface area contributed by atoms with Gasteiger partial charge in [0.2, 0.25) is 10.0 Å². The molecule has 0 aromatic heterocycles. The summed E-state index contributed by atoms with van der Waals surface area (Å²) in [4.78, 5) is 27.8. The molecule has 0 spiro atoms. The van der Waals surface area contributed by atoms with E-state index in [9.17, 15) is 18.0 Å². The second-order valence-corrected chi connectivity index (χ2v) is 8.61. The lowest BCUT2D eigenvalue weighted by Gasteiger charge is -2.17. The normalized spacial score (nSPS) is 16.4. The number of carbonyl (C=O) groups is 2. The van der Waals surface area contributed by atoms with Crippen LogP contribution in [0.25, 0.3) is 0 Å². The molecular weight excluding hydrogens is 394 g/mol. The van der Waals surface area contributed by atoms with E-state index in [1.165, 1.54) is 4.90 Å². The van der Waals surface area contributed by atoms with Crippen molar-refractivity contribution in [1.82, 2.24) is 15.2 Å². The van der Waals surface area contributed by atoms with Crippen molar-refractivity contribution in [2.24, 2.45) is 5.92 Å². The summed E-state index contributed by atoms with van der Waals surface area (Å²) in [6, 6.07) is 17.6. The van der Waals surface area contributed by atoms with Crippen molar-refractivity contribution in [3.8, 4) is 0 Å². The first-order chi connectivity index (χ1) is 13.9. The fourth-order valence-corrected chi connectivity index (χ4v) is 4.31. The molecule has 8 nitrogen and oxygen atoms in total. The van der Waals surface area contributed by atoms with E-state index in [0.717, 1.165) is 5.56 Å². The van der Waals surface area contributed by atoms with Crippen molar-refractivity contribution >= 4 is 22.0 Å². The van der Waals surface area contributed by atoms with E-state index in [-0.39, 0.29) is 18.3 Å². The van der Waals surface area contributed by atoms with Gasteiger partial charge in [0.1, 0.15) is 6.61 Å². The standard InChI is InChI=1S/C20H23N3O5S/c24-19(18-9-5-2-6-10-18)21-22-29(26,27)15-17-11-12-23(13-17)20(25)28-14-16-7-3-1-4-8-16/h1-10,17,22H,11-15H2,(H,21,24)/t17-/m0/s1. The Morgan fingerprint density at radius 1 is 1.03 bits per heavy atom. The summed E-state index contributed by atoms with van der Waals surface area (Å²) in [5.74, 6) is -0.957. The molecule has 1 saturated heterocycles. The molecule has 1 heterocycles. The Balaban J connectivity index is 1.43. The third-order valence-corrected chi connectivity index (χ3v) is 5.88. The maximum Gasteiger partial charge on any atom is 0.410 e. The Kier molecular flexibility index (Phi) is 6.84. The van der Waals surface area contributed by atoms with Crippen LogP contribution in [-0.2, 0) is 21.4 Å². The van der Waals surface area contributed by atoms with Gasteiger partial charge in [-0.1, -0.05) is 48.5 Å². The van der Waals surface area contributed by atoms with Crippen LogP contribution in [-0.4, -0.2) is 44.2 Å². The van der Waals surface area contributed by atoms with Crippen molar-refractivity contribution < 1.29 is 22.7 Å². The van der Waals surface area contributed by atoms with E-state index >= 15 is 0 Å². The molecule has 29 heavy (non-hydrogen) atoms. The highest BCUT2D eigenvalue weighted by Gasteiger charge is 2.30. The second-order valence-electron chi connectivity index (χ2n) is 6.84. The number of hydrazine groups is 1. The lowest BCUT2D eigenvalue weighted by atomic mass is 10.2. The molecule has 0 bridgehead atoms. The third kappa shape index (κ3) is 6.30. The number of hydrogen-bond donors (Lipinski definition) is 2. The number of hydrogen-bond acceptors (Lipinski definition) is 5. The van der Waals surface area contributed by atoms with Crippen LogP contribution < -0.4 is 10.3 Å². The van der Waals surface area contributed by atoms with Gasteiger partial charge in [-0.05, 0) is 30.0 Å². The summed E-state index contributed by atoms with van der Waals surface area (Å²) in [7, 11) is -3.73. The molecule has 2 aromatic rings. The van der Waals surface area contributed by atoms with Crippen LogP contribution in [0.3, 0.4) is 0 Å². The zero-order valence-electron chi connectivity index (χ0n) is 15.8. The summed E-state index contributed by atoms with van der Waals surface area (Å²) >= 11 is 0. The Bertz CT molecular complexity index is 935. The highest BCUT2D eigenvalue weighted by molar-refractivity contribution is 7.89. The lowest BCUT2D eigenvalue weighted by Crippen LogP contribution is -2.44. The summed E-state index contributed by atoms with van der Waals surface area (Å²) in [5, 5.41) is 0. The quantitative estimate of drug-likeness (QED) is 0.670. The molecular formula is C20H23N3O5S. The molecule has 1 fully saturated rings. The first kappa shape index (κ1) is 20.8. The van der Waals surface area contributed by atoms with Gasteiger partial charge in [0.25, 0.3) is 5.91 Å². The average Bonchev–Trinajstić information content (AvgIpc) is 3.19. The molecule has 0 unspecified atom stereocenters. The van der Waals surface area contributed by atoms with Crippen molar-refractivity contribution in [3.05, 3.63) is 71.8 Å². The predicted molar refractivity (Wildman–Crippen MR) is 107 cm³/mol. The molecule has 0 aliphatic carbocycles. The minimum Gasteiger partial charge on any atom is -0.445 e. The fraction of sp³-hybridized carbons (Fsp3) is 0.300. The number of benzene rings is 2. The molecule has 9 heteroatoms. The summed E-state index contributed by atoms with van der Waals surface area (Å²) in [6.07, 6.45) is 0.0904. The molecule has 154 valence electrons. The zero-order chi connectivity index (χ0) is 20.7. The van der Waals surface area contributed by atoms with E-state index < -0.39 is 22.0 Å². The van der Waals surface area contributed by atoms with Crippen molar-refractivity contribution in [1.29, 1.82) is 0 Å². The highest BCUT2D eigenvalue weighted by Crippen LogP contribution is 2.19. The zero-order valence-corrected chi connectivity index (χ0v) is 16.6. The third-order valence-electron chi connectivity index (χ3n) is 4.56. The number of amides is 2.